The molecule has 1 aliphatic carbocycles. The van der Waals surface area contributed by atoms with Gasteiger partial charge in [-0.1, -0.05) is 23.2 Å². The summed E-state index contributed by atoms with van der Waals surface area (Å²) in [6.45, 7) is 3.88. The summed E-state index contributed by atoms with van der Waals surface area (Å²) in [5.41, 5.74) is 3.25. The van der Waals surface area contributed by atoms with Crippen molar-refractivity contribution in [3.63, 3.8) is 0 Å². The van der Waals surface area contributed by atoms with Gasteiger partial charge in [0.05, 0.1) is 0 Å². The highest BCUT2D eigenvalue weighted by atomic mass is 35.5. The topological polar surface area (TPSA) is 39.9 Å². The molecule has 4 nitrogen and oxygen atoms in total. The van der Waals surface area contributed by atoms with E-state index >= 15 is 0 Å². The first-order chi connectivity index (χ1) is 12.0. The number of rotatable bonds is 3. The van der Waals surface area contributed by atoms with Crippen molar-refractivity contribution in [1.29, 1.82) is 0 Å². The highest BCUT2D eigenvalue weighted by molar-refractivity contribution is 6.35. The zero-order chi connectivity index (χ0) is 17.6. The minimum atomic E-state index is -0.0181. The molecule has 0 radical (unpaired) electrons. The first-order valence-corrected chi connectivity index (χ1v) is 8.92. The van der Waals surface area contributed by atoms with E-state index in [1.165, 1.54) is 0 Å². The van der Waals surface area contributed by atoms with E-state index in [0.29, 0.717) is 5.02 Å². The summed E-state index contributed by atoms with van der Waals surface area (Å²) < 4.78 is 8.19. The van der Waals surface area contributed by atoms with Gasteiger partial charge in [0.1, 0.15) is 23.5 Å². The Morgan fingerprint density at radius 1 is 1.04 bits per heavy atom. The fraction of sp³-hybridized carbons (Fsp3) is 0.263. The van der Waals surface area contributed by atoms with Crippen LogP contribution in [0.2, 0.25) is 10.0 Å². The van der Waals surface area contributed by atoms with Crippen LogP contribution in [0.25, 0.3) is 5.69 Å². The number of aromatic nitrogens is 3. The van der Waals surface area contributed by atoms with Gasteiger partial charge in [-0.2, -0.15) is 0 Å². The Morgan fingerprint density at radius 3 is 2.40 bits per heavy atom. The average molecular weight is 374 g/mol. The molecule has 1 heterocycles. The van der Waals surface area contributed by atoms with Crippen molar-refractivity contribution in [2.75, 3.05) is 0 Å². The molecule has 25 heavy (non-hydrogen) atoms. The second-order valence-electron chi connectivity index (χ2n) is 6.22. The standard InChI is InChI=1S/C19H17Cl2N3O/c1-11-22-23-12(2)24(11)14-3-5-15(6-4-14)25-19-8-7-16-17(19)9-13(20)10-18(16)21/h3-6,9-10,19H,7-8H2,1-2H3/t19-/m0/s1. The van der Waals surface area contributed by atoms with Crippen molar-refractivity contribution in [2.24, 2.45) is 0 Å². The van der Waals surface area contributed by atoms with Gasteiger partial charge in [-0.25, -0.2) is 0 Å². The van der Waals surface area contributed by atoms with E-state index in [1.807, 2.05) is 48.7 Å². The van der Waals surface area contributed by atoms with Crippen molar-refractivity contribution in [3.05, 3.63) is 69.2 Å². The molecule has 1 atom stereocenters. The molecule has 1 aromatic heterocycles. The lowest BCUT2D eigenvalue weighted by molar-refractivity contribution is 0.207. The highest BCUT2D eigenvalue weighted by Crippen LogP contribution is 2.40. The molecule has 0 aliphatic heterocycles. The van der Waals surface area contributed by atoms with Crippen LogP contribution in [0.3, 0.4) is 0 Å². The van der Waals surface area contributed by atoms with Gasteiger partial charge in [-0.15, -0.1) is 10.2 Å². The lowest BCUT2D eigenvalue weighted by Gasteiger charge is -2.16. The van der Waals surface area contributed by atoms with Crippen molar-refractivity contribution in [3.8, 4) is 11.4 Å². The molecular formula is C19H17Cl2N3O. The van der Waals surface area contributed by atoms with Crippen LogP contribution in [-0.4, -0.2) is 14.8 Å². The van der Waals surface area contributed by atoms with E-state index in [4.69, 9.17) is 27.9 Å². The number of hydrogen-bond acceptors (Lipinski definition) is 3. The SMILES string of the molecule is Cc1nnc(C)n1-c1ccc(O[C@H]2CCc3c(Cl)cc(Cl)cc32)cc1. The molecular weight excluding hydrogens is 357 g/mol. The van der Waals surface area contributed by atoms with Crippen LogP contribution < -0.4 is 4.74 Å². The van der Waals surface area contributed by atoms with Gasteiger partial charge in [-0.3, -0.25) is 4.57 Å². The Bertz CT molecular complexity index is 915. The lowest BCUT2D eigenvalue weighted by atomic mass is 10.1. The van der Waals surface area contributed by atoms with E-state index in [1.54, 1.807) is 6.07 Å². The van der Waals surface area contributed by atoms with Crippen LogP contribution in [0.4, 0.5) is 0 Å². The fourth-order valence-electron chi connectivity index (χ4n) is 3.41. The molecule has 0 saturated heterocycles. The maximum atomic E-state index is 6.30. The molecule has 4 rings (SSSR count). The highest BCUT2D eigenvalue weighted by Gasteiger charge is 2.26. The normalized spacial score (nSPS) is 16.1. The molecule has 1 aliphatic rings. The quantitative estimate of drug-likeness (QED) is 0.628. The predicted molar refractivity (Wildman–Crippen MR) is 99.0 cm³/mol. The second-order valence-corrected chi connectivity index (χ2v) is 7.07. The second kappa shape index (κ2) is 6.36. The molecule has 0 N–H and O–H groups in total. The minimum absolute atomic E-state index is 0.0181. The van der Waals surface area contributed by atoms with Crippen LogP contribution in [-0.2, 0) is 6.42 Å². The van der Waals surface area contributed by atoms with Gasteiger partial charge in [0.25, 0.3) is 0 Å². The van der Waals surface area contributed by atoms with Gasteiger partial charge in [0.2, 0.25) is 0 Å². The van der Waals surface area contributed by atoms with Crippen LogP contribution in [0, 0.1) is 13.8 Å². The summed E-state index contributed by atoms with van der Waals surface area (Å²) >= 11 is 12.4. The number of halogens is 2. The Kier molecular flexibility index (Phi) is 4.18. The minimum Gasteiger partial charge on any atom is -0.486 e. The van der Waals surface area contributed by atoms with E-state index in [2.05, 4.69) is 10.2 Å². The Morgan fingerprint density at radius 2 is 1.72 bits per heavy atom. The summed E-state index contributed by atoms with van der Waals surface area (Å²) in [5.74, 6) is 2.54. The van der Waals surface area contributed by atoms with E-state index in [-0.39, 0.29) is 6.10 Å². The lowest BCUT2D eigenvalue weighted by Crippen LogP contribution is -2.04. The van der Waals surface area contributed by atoms with Crippen molar-refractivity contribution in [1.82, 2.24) is 14.8 Å². The fourth-order valence-corrected chi connectivity index (χ4v) is 4.01. The third kappa shape index (κ3) is 3.00. The third-order valence-corrected chi connectivity index (χ3v) is 5.11. The van der Waals surface area contributed by atoms with Gasteiger partial charge < -0.3 is 4.74 Å². The molecule has 0 fully saturated rings. The van der Waals surface area contributed by atoms with Gasteiger partial charge in [-0.05, 0) is 74.2 Å². The molecule has 128 valence electrons. The number of nitrogens with zero attached hydrogens (tertiary/aromatic N) is 3. The van der Waals surface area contributed by atoms with E-state index in [0.717, 1.165) is 52.1 Å². The molecule has 0 unspecified atom stereocenters. The smallest absolute Gasteiger partial charge is 0.134 e. The average Bonchev–Trinajstić information content (AvgIpc) is 3.12. The van der Waals surface area contributed by atoms with Crippen molar-refractivity contribution in [2.45, 2.75) is 32.8 Å². The number of fused-ring (bicyclic) bond motifs is 1. The number of aryl methyl sites for hydroxylation is 2. The number of ether oxygens (including phenoxy) is 1. The Hall–Kier alpha value is -2.04. The Balaban J connectivity index is 1.58. The van der Waals surface area contributed by atoms with Crippen LogP contribution in [0.5, 0.6) is 5.75 Å². The largest absolute Gasteiger partial charge is 0.486 e. The monoisotopic (exact) mass is 373 g/mol. The maximum Gasteiger partial charge on any atom is 0.134 e. The van der Waals surface area contributed by atoms with Crippen molar-refractivity contribution < 1.29 is 4.74 Å². The van der Waals surface area contributed by atoms with Crippen LogP contribution in [0.1, 0.15) is 35.3 Å². The molecule has 0 bridgehead atoms. The predicted octanol–water partition coefficient (Wildman–Crippen LogP) is 5.26. The van der Waals surface area contributed by atoms with Gasteiger partial charge in [0.15, 0.2) is 0 Å². The van der Waals surface area contributed by atoms with Crippen LogP contribution in [0.15, 0.2) is 36.4 Å². The first-order valence-electron chi connectivity index (χ1n) is 8.16. The molecule has 0 spiro atoms. The molecule has 0 amide bonds. The third-order valence-electron chi connectivity index (χ3n) is 4.56. The van der Waals surface area contributed by atoms with Gasteiger partial charge >= 0.3 is 0 Å². The Labute approximate surface area is 156 Å². The van der Waals surface area contributed by atoms with Gasteiger partial charge in [0, 0.05) is 15.7 Å². The summed E-state index contributed by atoms with van der Waals surface area (Å²) in [6, 6.07) is 11.7. The maximum absolute atomic E-state index is 6.30. The van der Waals surface area contributed by atoms with E-state index < -0.39 is 0 Å². The summed E-state index contributed by atoms with van der Waals surface area (Å²) in [7, 11) is 0. The summed E-state index contributed by atoms with van der Waals surface area (Å²) in [4.78, 5) is 0. The molecule has 0 saturated carbocycles. The van der Waals surface area contributed by atoms with Crippen molar-refractivity contribution >= 4 is 23.2 Å². The van der Waals surface area contributed by atoms with Crippen LogP contribution >= 0.6 is 23.2 Å². The van der Waals surface area contributed by atoms with E-state index in [9.17, 15) is 0 Å². The zero-order valence-corrected chi connectivity index (χ0v) is 15.5. The molecule has 2 aromatic carbocycles. The number of benzene rings is 2. The molecule has 3 aromatic rings. The molecule has 6 heteroatoms. The first kappa shape index (κ1) is 16.4. The number of hydrogen-bond donors (Lipinski definition) is 0. The zero-order valence-electron chi connectivity index (χ0n) is 14.0. The summed E-state index contributed by atoms with van der Waals surface area (Å²) in [6.07, 6.45) is 1.80. The summed E-state index contributed by atoms with van der Waals surface area (Å²) in [5, 5.41) is 9.56.